The molecule has 8 nitrogen and oxygen atoms in total. The average molecular weight is 341 g/mol. The van der Waals surface area contributed by atoms with Gasteiger partial charge in [-0.2, -0.15) is 0 Å². The van der Waals surface area contributed by atoms with Crippen LogP contribution < -0.4 is 0 Å². The van der Waals surface area contributed by atoms with Crippen LogP contribution in [0.1, 0.15) is 23.3 Å². The summed E-state index contributed by atoms with van der Waals surface area (Å²) < 4.78 is 7.10. The first-order valence-electron chi connectivity index (χ1n) is 8.28. The Labute approximate surface area is 145 Å². The summed E-state index contributed by atoms with van der Waals surface area (Å²) in [5, 5.41) is 8.05. The van der Waals surface area contributed by atoms with E-state index in [4.69, 9.17) is 4.74 Å². The number of carbonyl (C=O) groups excluding carboxylic acids is 2. The zero-order valence-electron chi connectivity index (χ0n) is 14.0. The van der Waals surface area contributed by atoms with Gasteiger partial charge in [-0.3, -0.25) is 4.79 Å². The van der Waals surface area contributed by atoms with Gasteiger partial charge in [0.25, 0.3) is 5.91 Å². The van der Waals surface area contributed by atoms with Crippen LogP contribution in [0.4, 0.5) is 4.79 Å². The Kier molecular flexibility index (Phi) is 3.67. The van der Waals surface area contributed by atoms with Crippen molar-refractivity contribution < 1.29 is 14.3 Å². The molecule has 0 aliphatic carbocycles. The van der Waals surface area contributed by atoms with Gasteiger partial charge in [0.15, 0.2) is 5.69 Å². The number of benzene rings is 1. The molecule has 2 saturated heterocycles. The molecule has 0 N–H and O–H groups in total. The minimum atomic E-state index is -0.454. The predicted octanol–water partition coefficient (Wildman–Crippen LogP) is 1.32. The normalized spacial score (nSPS) is 19.3. The van der Waals surface area contributed by atoms with Crippen molar-refractivity contribution in [2.24, 2.45) is 0 Å². The number of likely N-dealkylation sites (N-methyl/N-ethyl adjacent to an activating group) is 1. The Morgan fingerprint density at radius 1 is 1.20 bits per heavy atom. The topological polar surface area (TPSA) is 80.6 Å². The molecule has 0 radical (unpaired) electrons. The standard InChI is InChI=1S/C17H19N5O3/c1-20-12-17(25-16(20)24)7-9-21(10-8-17)15(23)14-11-22(19-18-14)13-5-3-2-4-6-13/h2-6,11H,7-10,12H2,1H3. The summed E-state index contributed by atoms with van der Waals surface area (Å²) in [5.74, 6) is -0.144. The molecule has 0 unspecified atom stereocenters. The Morgan fingerprint density at radius 3 is 2.56 bits per heavy atom. The molecule has 2 amide bonds. The highest BCUT2D eigenvalue weighted by Gasteiger charge is 2.46. The van der Waals surface area contributed by atoms with Crippen LogP contribution >= 0.6 is 0 Å². The van der Waals surface area contributed by atoms with Crippen LogP contribution in [0.5, 0.6) is 0 Å². The van der Waals surface area contributed by atoms with Gasteiger partial charge in [0.2, 0.25) is 0 Å². The van der Waals surface area contributed by atoms with Gasteiger partial charge in [-0.1, -0.05) is 23.4 Å². The number of rotatable bonds is 2. The summed E-state index contributed by atoms with van der Waals surface area (Å²) in [6, 6.07) is 9.53. The molecular formula is C17H19N5O3. The number of aromatic nitrogens is 3. The fourth-order valence-corrected chi connectivity index (χ4v) is 3.40. The van der Waals surface area contributed by atoms with E-state index in [0.717, 1.165) is 5.69 Å². The molecule has 2 aliphatic rings. The van der Waals surface area contributed by atoms with Crippen molar-refractivity contribution in [2.45, 2.75) is 18.4 Å². The molecule has 1 aromatic heterocycles. The summed E-state index contributed by atoms with van der Waals surface area (Å²) in [4.78, 5) is 27.6. The maximum Gasteiger partial charge on any atom is 0.410 e. The smallest absolute Gasteiger partial charge is 0.410 e. The molecule has 4 rings (SSSR count). The van der Waals surface area contributed by atoms with Crippen LogP contribution in [0.25, 0.3) is 5.69 Å². The molecule has 2 aliphatic heterocycles. The van der Waals surface area contributed by atoms with Gasteiger partial charge < -0.3 is 14.5 Å². The van der Waals surface area contributed by atoms with Crippen LogP contribution in [-0.4, -0.2) is 69.1 Å². The molecular weight excluding hydrogens is 322 g/mol. The van der Waals surface area contributed by atoms with Gasteiger partial charge in [-0.25, -0.2) is 9.48 Å². The van der Waals surface area contributed by atoms with Crippen molar-refractivity contribution in [3.8, 4) is 5.69 Å². The van der Waals surface area contributed by atoms with Gasteiger partial charge in [0.1, 0.15) is 5.60 Å². The number of piperidine rings is 1. The lowest BCUT2D eigenvalue weighted by molar-refractivity contribution is 0.00300. The number of hydrogen-bond donors (Lipinski definition) is 0. The molecule has 0 bridgehead atoms. The molecule has 8 heteroatoms. The van der Waals surface area contributed by atoms with E-state index < -0.39 is 5.60 Å². The van der Waals surface area contributed by atoms with Crippen molar-refractivity contribution in [3.63, 3.8) is 0 Å². The minimum absolute atomic E-state index is 0.144. The highest BCUT2D eigenvalue weighted by Crippen LogP contribution is 2.32. The second kappa shape index (κ2) is 5.87. The first-order valence-corrected chi connectivity index (χ1v) is 8.28. The van der Waals surface area contributed by atoms with E-state index in [0.29, 0.717) is 38.2 Å². The van der Waals surface area contributed by atoms with Gasteiger partial charge in [0, 0.05) is 33.0 Å². The third kappa shape index (κ3) is 2.84. The second-order valence-corrected chi connectivity index (χ2v) is 6.58. The van der Waals surface area contributed by atoms with E-state index in [1.54, 1.807) is 27.7 Å². The summed E-state index contributed by atoms with van der Waals surface area (Å²) in [6.07, 6.45) is 2.64. The van der Waals surface area contributed by atoms with Crippen molar-refractivity contribution >= 4 is 12.0 Å². The molecule has 3 heterocycles. The first-order chi connectivity index (χ1) is 12.1. The predicted molar refractivity (Wildman–Crippen MR) is 88.3 cm³/mol. The number of carbonyl (C=O) groups is 2. The van der Waals surface area contributed by atoms with Crippen molar-refractivity contribution in [1.82, 2.24) is 24.8 Å². The maximum atomic E-state index is 12.7. The van der Waals surface area contributed by atoms with E-state index >= 15 is 0 Å². The third-order valence-electron chi connectivity index (χ3n) is 4.84. The maximum absolute atomic E-state index is 12.7. The molecule has 0 atom stereocenters. The fourth-order valence-electron chi connectivity index (χ4n) is 3.40. The third-order valence-corrected chi connectivity index (χ3v) is 4.84. The molecule has 1 aromatic carbocycles. The van der Waals surface area contributed by atoms with Crippen molar-refractivity contribution in [3.05, 3.63) is 42.2 Å². The molecule has 2 fully saturated rings. The largest absolute Gasteiger partial charge is 0.441 e. The summed E-state index contributed by atoms with van der Waals surface area (Å²) in [5.41, 5.74) is 0.720. The summed E-state index contributed by atoms with van der Waals surface area (Å²) in [7, 11) is 1.73. The lowest BCUT2D eigenvalue weighted by atomic mass is 9.91. The zero-order valence-corrected chi connectivity index (χ0v) is 14.0. The Hall–Kier alpha value is -2.90. The Morgan fingerprint density at radius 2 is 1.92 bits per heavy atom. The molecule has 130 valence electrons. The Balaban J connectivity index is 1.43. The molecule has 1 spiro atoms. The average Bonchev–Trinajstić information content (AvgIpc) is 3.22. The van der Waals surface area contributed by atoms with E-state index in [9.17, 15) is 9.59 Å². The molecule has 2 aromatic rings. The van der Waals surface area contributed by atoms with Crippen LogP contribution in [0, 0.1) is 0 Å². The van der Waals surface area contributed by atoms with Crippen LogP contribution in [0.15, 0.2) is 36.5 Å². The zero-order chi connectivity index (χ0) is 17.4. The number of likely N-dealkylation sites (tertiary alicyclic amines) is 1. The van der Waals surface area contributed by atoms with Gasteiger partial charge in [-0.05, 0) is 12.1 Å². The van der Waals surface area contributed by atoms with Crippen LogP contribution in [0.2, 0.25) is 0 Å². The SMILES string of the molecule is CN1CC2(CCN(C(=O)c3cn(-c4ccccc4)nn3)CC2)OC1=O. The van der Waals surface area contributed by atoms with Crippen molar-refractivity contribution in [2.75, 3.05) is 26.7 Å². The Bertz CT molecular complexity index is 796. The lowest BCUT2D eigenvalue weighted by Crippen LogP contribution is -2.48. The van der Waals surface area contributed by atoms with E-state index in [-0.39, 0.29) is 12.0 Å². The number of nitrogens with zero attached hydrogens (tertiary/aromatic N) is 5. The van der Waals surface area contributed by atoms with E-state index in [1.165, 1.54) is 0 Å². The van der Waals surface area contributed by atoms with Crippen LogP contribution in [-0.2, 0) is 4.74 Å². The van der Waals surface area contributed by atoms with E-state index in [2.05, 4.69) is 10.3 Å². The highest BCUT2D eigenvalue weighted by molar-refractivity contribution is 5.92. The number of para-hydroxylation sites is 1. The monoisotopic (exact) mass is 341 g/mol. The van der Waals surface area contributed by atoms with Gasteiger partial charge in [0.05, 0.1) is 18.4 Å². The van der Waals surface area contributed by atoms with Crippen LogP contribution in [0.3, 0.4) is 0 Å². The number of amides is 2. The first kappa shape index (κ1) is 15.6. The van der Waals surface area contributed by atoms with E-state index in [1.807, 2.05) is 30.3 Å². The molecule has 0 saturated carbocycles. The summed E-state index contributed by atoms with van der Waals surface area (Å²) in [6.45, 7) is 1.66. The fraction of sp³-hybridized carbons (Fsp3) is 0.412. The van der Waals surface area contributed by atoms with Crippen molar-refractivity contribution in [1.29, 1.82) is 0 Å². The number of ether oxygens (including phenoxy) is 1. The minimum Gasteiger partial charge on any atom is -0.441 e. The quantitative estimate of drug-likeness (QED) is 0.823. The second-order valence-electron chi connectivity index (χ2n) is 6.58. The lowest BCUT2D eigenvalue weighted by Gasteiger charge is -2.36. The van der Waals surface area contributed by atoms with Gasteiger partial charge >= 0.3 is 6.09 Å². The summed E-state index contributed by atoms with van der Waals surface area (Å²) >= 11 is 0. The van der Waals surface area contributed by atoms with Gasteiger partial charge in [-0.15, -0.1) is 5.10 Å². The molecule has 25 heavy (non-hydrogen) atoms. The number of hydrogen-bond acceptors (Lipinski definition) is 5. The highest BCUT2D eigenvalue weighted by atomic mass is 16.6.